The number of nitriles is 1. The molecule has 0 bridgehead atoms. The molecule has 1 N–H and O–H groups in total. The van der Waals surface area contributed by atoms with Gasteiger partial charge in [0.25, 0.3) is 0 Å². The second-order valence-electron chi connectivity index (χ2n) is 7.56. The van der Waals surface area contributed by atoms with Crippen molar-refractivity contribution in [1.82, 2.24) is 0 Å². The first-order valence-corrected chi connectivity index (χ1v) is 9.87. The third kappa shape index (κ3) is 5.50. The average Bonchev–Trinajstić information content (AvgIpc) is 2.61. The SMILES string of the molecule is C=C(C)[C@@H]1CCC(C)=C[C@H]1c1c(O)cc(CCCCC)cc1O/C=C\C#N. The predicted octanol–water partition coefficient (Wildman–Crippen LogP) is 6.56. The highest BCUT2D eigenvalue weighted by atomic mass is 16.5. The van der Waals surface area contributed by atoms with E-state index in [1.54, 1.807) is 0 Å². The van der Waals surface area contributed by atoms with Crippen LogP contribution in [0.1, 0.15) is 69.9 Å². The molecule has 1 aromatic carbocycles. The molecule has 0 unspecified atom stereocenters. The van der Waals surface area contributed by atoms with Crippen LogP contribution in [-0.2, 0) is 6.42 Å². The zero-order valence-electron chi connectivity index (χ0n) is 16.8. The number of aryl methyl sites for hydroxylation is 1. The quantitative estimate of drug-likeness (QED) is 0.246. The lowest BCUT2D eigenvalue weighted by Gasteiger charge is -2.32. The molecule has 0 amide bonds. The maximum atomic E-state index is 10.9. The highest BCUT2D eigenvalue weighted by Gasteiger charge is 2.30. The number of nitrogens with zero attached hydrogens (tertiary/aromatic N) is 1. The fraction of sp³-hybridized carbons (Fsp3) is 0.458. The molecule has 0 heterocycles. The molecule has 0 aromatic heterocycles. The molecule has 0 aliphatic heterocycles. The van der Waals surface area contributed by atoms with Crippen molar-refractivity contribution in [3.8, 4) is 17.6 Å². The van der Waals surface area contributed by atoms with Gasteiger partial charge in [0, 0.05) is 11.5 Å². The summed E-state index contributed by atoms with van der Waals surface area (Å²) in [5, 5.41) is 19.7. The van der Waals surface area contributed by atoms with Gasteiger partial charge >= 0.3 is 0 Å². The summed E-state index contributed by atoms with van der Waals surface area (Å²) < 4.78 is 5.80. The summed E-state index contributed by atoms with van der Waals surface area (Å²) in [4.78, 5) is 0. The van der Waals surface area contributed by atoms with E-state index in [4.69, 9.17) is 10.00 Å². The Bertz CT molecular complexity index is 767. The minimum absolute atomic E-state index is 0.0337. The van der Waals surface area contributed by atoms with E-state index in [9.17, 15) is 5.11 Å². The maximum absolute atomic E-state index is 10.9. The van der Waals surface area contributed by atoms with Crippen LogP contribution >= 0.6 is 0 Å². The van der Waals surface area contributed by atoms with E-state index < -0.39 is 0 Å². The standard InChI is InChI=1S/C24H31NO2/c1-5-6-7-9-19-15-22(26)24(23(16-19)27-13-8-12-25)21-14-18(4)10-11-20(21)17(2)3/h8,13-16,20-21,26H,2,5-7,9-11H2,1,3-4H3/b13-8-/t20-,21+/m0/s1. The Morgan fingerprint density at radius 3 is 2.85 bits per heavy atom. The highest BCUT2D eigenvalue weighted by Crippen LogP contribution is 2.47. The van der Waals surface area contributed by atoms with E-state index in [0.29, 0.717) is 5.75 Å². The van der Waals surface area contributed by atoms with Crippen molar-refractivity contribution in [2.75, 3.05) is 0 Å². The van der Waals surface area contributed by atoms with Crippen LogP contribution in [0.3, 0.4) is 0 Å². The van der Waals surface area contributed by atoms with Crippen molar-refractivity contribution in [2.24, 2.45) is 5.92 Å². The summed E-state index contributed by atoms with van der Waals surface area (Å²) in [6.07, 6.45) is 11.3. The van der Waals surface area contributed by atoms with E-state index in [1.807, 2.05) is 18.2 Å². The van der Waals surface area contributed by atoms with Crippen molar-refractivity contribution in [3.05, 3.63) is 59.4 Å². The molecular weight excluding hydrogens is 334 g/mol. The van der Waals surface area contributed by atoms with Crippen LogP contribution < -0.4 is 4.74 Å². The van der Waals surface area contributed by atoms with Crippen LogP contribution in [0.5, 0.6) is 11.5 Å². The Balaban J connectivity index is 2.48. The van der Waals surface area contributed by atoms with Crippen LogP contribution in [0, 0.1) is 17.2 Å². The normalized spacial score (nSPS) is 19.6. The highest BCUT2D eigenvalue weighted by molar-refractivity contribution is 5.53. The van der Waals surface area contributed by atoms with Crippen molar-refractivity contribution in [3.63, 3.8) is 0 Å². The van der Waals surface area contributed by atoms with Gasteiger partial charge in [0.1, 0.15) is 17.8 Å². The van der Waals surface area contributed by atoms with Crippen molar-refractivity contribution in [1.29, 1.82) is 5.26 Å². The summed E-state index contributed by atoms with van der Waals surface area (Å²) in [6, 6.07) is 5.84. The minimum atomic E-state index is 0.0337. The van der Waals surface area contributed by atoms with Gasteiger partial charge in [0.2, 0.25) is 0 Å². The van der Waals surface area contributed by atoms with E-state index in [2.05, 4.69) is 33.4 Å². The lowest BCUT2D eigenvalue weighted by molar-refractivity contribution is 0.410. The number of hydrogen-bond acceptors (Lipinski definition) is 3. The smallest absolute Gasteiger partial charge is 0.134 e. The Hall–Kier alpha value is -2.47. The van der Waals surface area contributed by atoms with Gasteiger partial charge in [0.05, 0.1) is 12.1 Å². The molecular formula is C24H31NO2. The van der Waals surface area contributed by atoms with Gasteiger partial charge in [-0.15, -0.1) is 0 Å². The molecule has 1 aliphatic carbocycles. The number of allylic oxidation sites excluding steroid dienone is 4. The molecule has 1 aromatic rings. The number of aromatic hydroxyl groups is 1. The topological polar surface area (TPSA) is 53.2 Å². The Kier molecular flexibility index (Phi) is 7.73. The first-order chi connectivity index (χ1) is 13.0. The second-order valence-corrected chi connectivity index (χ2v) is 7.56. The molecule has 144 valence electrons. The minimum Gasteiger partial charge on any atom is -0.507 e. The molecule has 2 atom stereocenters. The zero-order chi connectivity index (χ0) is 19.8. The number of rotatable bonds is 8. The number of benzene rings is 1. The Morgan fingerprint density at radius 2 is 2.19 bits per heavy atom. The van der Waals surface area contributed by atoms with Gasteiger partial charge in [0.15, 0.2) is 0 Å². The number of ether oxygens (including phenoxy) is 1. The number of phenols is 1. The lowest BCUT2D eigenvalue weighted by atomic mass is 9.73. The monoisotopic (exact) mass is 365 g/mol. The first kappa shape index (κ1) is 20.8. The van der Waals surface area contributed by atoms with Crippen LogP contribution in [0.4, 0.5) is 0 Å². The van der Waals surface area contributed by atoms with Gasteiger partial charge in [-0.3, -0.25) is 0 Å². The lowest BCUT2D eigenvalue weighted by Crippen LogP contribution is -2.17. The third-order valence-electron chi connectivity index (χ3n) is 5.30. The molecule has 0 saturated carbocycles. The summed E-state index contributed by atoms with van der Waals surface area (Å²) in [7, 11) is 0. The molecule has 2 rings (SSSR count). The van der Waals surface area contributed by atoms with Gasteiger partial charge in [-0.05, 0) is 63.1 Å². The first-order valence-electron chi connectivity index (χ1n) is 9.87. The Labute approximate surface area is 163 Å². The average molecular weight is 366 g/mol. The molecule has 1 aliphatic rings. The Morgan fingerprint density at radius 1 is 1.41 bits per heavy atom. The van der Waals surface area contributed by atoms with Gasteiger partial charge in [-0.2, -0.15) is 5.26 Å². The molecule has 27 heavy (non-hydrogen) atoms. The van der Waals surface area contributed by atoms with Crippen molar-refractivity contribution < 1.29 is 9.84 Å². The van der Waals surface area contributed by atoms with Gasteiger partial charge in [-0.1, -0.05) is 43.6 Å². The fourth-order valence-electron chi connectivity index (χ4n) is 3.87. The summed E-state index contributed by atoms with van der Waals surface area (Å²) >= 11 is 0. The molecule has 0 spiro atoms. The van der Waals surface area contributed by atoms with Crippen molar-refractivity contribution in [2.45, 2.75) is 65.2 Å². The van der Waals surface area contributed by atoms with Crippen LogP contribution in [0.25, 0.3) is 0 Å². The van der Waals surface area contributed by atoms with Crippen LogP contribution in [-0.4, -0.2) is 5.11 Å². The summed E-state index contributed by atoms with van der Waals surface area (Å²) in [5.41, 5.74) is 4.30. The predicted molar refractivity (Wildman–Crippen MR) is 111 cm³/mol. The fourth-order valence-corrected chi connectivity index (χ4v) is 3.87. The van der Waals surface area contributed by atoms with E-state index >= 15 is 0 Å². The molecule has 3 nitrogen and oxygen atoms in total. The maximum Gasteiger partial charge on any atom is 0.134 e. The van der Waals surface area contributed by atoms with E-state index in [-0.39, 0.29) is 17.6 Å². The largest absolute Gasteiger partial charge is 0.507 e. The molecule has 3 heteroatoms. The molecule has 0 fully saturated rings. The third-order valence-corrected chi connectivity index (χ3v) is 5.30. The molecule has 0 radical (unpaired) electrons. The summed E-state index contributed by atoms with van der Waals surface area (Å²) in [5.74, 6) is 1.21. The number of hydrogen-bond donors (Lipinski definition) is 1. The number of unbranched alkanes of at least 4 members (excludes halogenated alkanes) is 2. The second kappa shape index (κ2) is 10.0. The van der Waals surface area contributed by atoms with Crippen molar-refractivity contribution >= 4 is 0 Å². The van der Waals surface area contributed by atoms with E-state index in [1.165, 1.54) is 17.9 Å². The van der Waals surface area contributed by atoms with Gasteiger partial charge < -0.3 is 9.84 Å². The van der Waals surface area contributed by atoms with Crippen LogP contribution in [0.2, 0.25) is 0 Å². The number of phenolic OH excluding ortho intramolecular Hbond substituents is 1. The van der Waals surface area contributed by atoms with E-state index in [0.717, 1.165) is 55.2 Å². The molecule has 0 saturated heterocycles. The zero-order valence-corrected chi connectivity index (χ0v) is 16.8. The van der Waals surface area contributed by atoms with Crippen LogP contribution in [0.15, 0.2) is 48.3 Å². The van der Waals surface area contributed by atoms with Gasteiger partial charge in [-0.25, -0.2) is 0 Å². The summed E-state index contributed by atoms with van der Waals surface area (Å²) in [6.45, 7) is 10.5.